The number of para-hydroxylation sites is 3. The van der Waals surface area contributed by atoms with Crippen LogP contribution in [0.1, 0.15) is 149 Å². The van der Waals surface area contributed by atoms with Gasteiger partial charge in [0.25, 0.3) is 5.56 Å². The number of ether oxygens (including phenoxy) is 3. The second-order valence-electron chi connectivity index (χ2n) is 29.0. The van der Waals surface area contributed by atoms with Gasteiger partial charge in [0.2, 0.25) is 11.1 Å². The summed E-state index contributed by atoms with van der Waals surface area (Å²) in [6, 6.07) is 42.3. The molecule has 1 atom stereocenters. The molecule has 6 aromatic carbocycles. The third-order valence-electron chi connectivity index (χ3n) is 16.5. The van der Waals surface area contributed by atoms with Gasteiger partial charge in [-0.3, -0.25) is 42.9 Å². The summed E-state index contributed by atoms with van der Waals surface area (Å²) >= 11 is 10.4. The highest BCUT2D eigenvalue weighted by atomic mass is 35.5. The van der Waals surface area contributed by atoms with Crippen LogP contribution in [0.15, 0.2) is 169 Å². The minimum Gasteiger partial charge on any atom is -0.497 e. The highest BCUT2D eigenvalue weighted by molar-refractivity contribution is 8.01. The quantitative estimate of drug-likeness (QED) is 0.0284. The zero-order chi connectivity index (χ0) is 80.3. The number of aromatic amines is 1. The lowest BCUT2D eigenvalue weighted by molar-refractivity contribution is -0.125. The molecule has 5 aromatic heterocycles. The number of rotatable bonds is 27. The van der Waals surface area contributed by atoms with Crippen molar-refractivity contribution >= 4 is 147 Å². The van der Waals surface area contributed by atoms with Crippen molar-refractivity contribution in [2.75, 3.05) is 44.3 Å². The van der Waals surface area contributed by atoms with Crippen molar-refractivity contribution in [3.63, 3.8) is 0 Å². The number of thiazole rings is 1. The Hall–Kier alpha value is -9.75. The first-order valence-electron chi connectivity index (χ1n) is 36.6. The number of H-pyrrole nitrogens is 1. The summed E-state index contributed by atoms with van der Waals surface area (Å²) in [6.45, 7) is 24.7. The lowest BCUT2D eigenvalue weighted by Gasteiger charge is -2.17. The number of nitrogens with zero attached hydrogens (tertiary/aromatic N) is 7. The average molecular weight is 1570 g/mol. The first-order chi connectivity index (χ1) is 52.4. The van der Waals surface area contributed by atoms with Crippen LogP contribution in [-0.4, -0.2) is 115 Å². The monoisotopic (exact) mass is 1570 g/mol. The average Bonchev–Trinajstić information content (AvgIpc) is 1.57. The molecule has 582 valence electrons. The molecule has 1 aliphatic heterocycles. The lowest BCUT2D eigenvalue weighted by atomic mass is 9.95. The molecule has 21 nitrogen and oxygen atoms in total. The van der Waals surface area contributed by atoms with Crippen molar-refractivity contribution in [2.24, 2.45) is 41.4 Å². The van der Waals surface area contributed by atoms with Crippen LogP contribution in [0.25, 0.3) is 54.2 Å². The molecular weight excluding hydrogens is 1470 g/mol. The van der Waals surface area contributed by atoms with Crippen molar-refractivity contribution in [1.29, 1.82) is 0 Å². The molecule has 1 amide bonds. The summed E-state index contributed by atoms with van der Waals surface area (Å²) < 4.78 is 24.1. The fourth-order valence-corrected chi connectivity index (χ4v) is 14.3. The molecule has 0 saturated carbocycles. The predicted molar refractivity (Wildman–Crippen MR) is 442 cm³/mol. The Kier molecular flexibility index (Phi) is 34.2. The highest BCUT2D eigenvalue weighted by Gasteiger charge is 2.35. The van der Waals surface area contributed by atoms with E-state index in [9.17, 15) is 43.2 Å². The maximum absolute atomic E-state index is 12.1. The number of fused-ring (bicyclic) bond motifs is 6. The molecule has 11 aromatic rings. The second-order valence-corrected chi connectivity index (χ2v) is 32.6. The fourth-order valence-electron chi connectivity index (χ4n) is 11.5. The van der Waals surface area contributed by atoms with Crippen LogP contribution in [0.4, 0.5) is 5.69 Å². The normalized spacial score (nSPS) is 12.5. The molecule has 1 aliphatic rings. The number of carbonyl (C=O) groups is 7. The van der Waals surface area contributed by atoms with Crippen LogP contribution in [0.3, 0.4) is 0 Å². The number of carbonyl (C=O) groups excluding carboxylic acids is 7. The van der Waals surface area contributed by atoms with Crippen LogP contribution in [0, 0.1) is 41.4 Å². The molecule has 1 fully saturated rings. The lowest BCUT2D eigenvalue weighted by Crippen LogP contribution is -2.26. The molecule has 1 unspecified atom stereocenters. The summed E-state index contributed by atoms with van der Waals surface area (Å²) in [4.78, 5) is 125. The summed E-state index contributed by atoms with van der Waals surface area (Å²) in [6.07, 6.45) is 4.91. The number of Topliss-reactive ketones (excluding diaryl/α,β-unsaturated/α-hetero) is 6. The van der Waals surface area contributed by atoms with Crippen molar-refractivity contribution < 1.29 is 52.2 Å². The minimum atomic E-state index is -0.580. The number of thioether (sulfide) groups is 2. The van der Waals surface area contributed by atoms with Crippen molar-refractivity contribution in [1.82, 2.24) is 34.7 Å². The molecule has 110 heavy (non-hydrogen) atoms. The molecule has 1 saturated heterocycles. The Bertz CT molecular complexity index is 5060. The van der Waals surface area contributed by atoms with Crippen LogP contribution in [-0.2, 0) is 30.5 Å². The van der Waals surface area contributed by atoms with Gasteiger partial charge in [-0.05, 0) is 133 Å². The number of methoxy groups -OCH3 is 3. The van der Waals surface area contributed by atoms with Crippen molar-refractivity contribution in [3.8, 4) is 17.2 Å². The summed E-state index contributed by atoms with van der Waals surface area (Å²) in [5, 5.41) is 11.7. The number of ketones is 6. The van der Waals surface area contributed by atoms with Crippen molar-refractivity contribution in [2.45, 2.75) is 144 Å². The van der Waals surface area contributed by atoms with Gasteiger partial charge in [-0.15, -0.1) is 21.5 Å². The third kappa shape index (κ3) is 27.1. The van der Waals surface area contributed by atoms with E-state index in [4.69, 9.17) is 30.2 Å². The summed E-state index contributed by atoms with van der Waals surface area (Å²) in [5.41, 5.74) is 5.38. The van der Waals surface area contributed by atoms with Gasteiger partial charge in [0.15, 0.2) is 27.3 Å². The zero-order valence-corrected chi connectivity index (χ0v) is 68.4. The van der Waals surface area contributed by atoms with Gasteiger partial charge in [0, 0.05) is 84.4 Å². The van der Waals surface area contributed by atoms with E-state index in [0.717, 1.165) is 37.7 Å². The maximum Gasteiger partial charge on any atom is 0.347 e. The molecule has 1 N–H and O–H groups in total. The van der Waals surface area contributed by atoms with E-state index in [0.29, 0.717) is 153 Å². The van der Waals surface area contributed by atoms with Crippen LogP contribution >= 0.6 is 46.5 Å². The van der Waals surface area contributed by atoms with Gasteiger partial charge in [-0.1, -0.05) is 161 Å². The SMILES string of the molecule is CC(C)CC(=O)CSc1nc2ccccc2s1.CC(C)CC(=O)CSc1nnc2c(n1)[nH]c1ccccc12.CC(C)CC(=O)Cn1cnc2ccccc2c1=O.COc1ccc(Cl)cc1C(=O)CC(C)C.COc1ccc(N2CC(C(=O)CC(C)C)CC2=O)cc1.COc1ccc2oc(=O)c(C(=O)CC(C)C)cc2c1. The van der Waals surface area contributed by atoms with Gasteiger partial charge in [-0.25, -0.2) is 19.7 Å². The topological polar surface area (TPSA) is 283 Å². The van der Waals surface area contributed by atoms with E-state index in [1.54, 1.807) is 110 Å². The number of hydrogen-bond acceptors (Lipinski definition) is 21. The molecule has 0 radical (unpaired) electrons. The first kappa shape index (κ1) is 87.5. The number of amides is 1. The first-order valence-corrected chi connectivity index (χ1v) is 39.8. The van der Waals surface area contributed by atoms with Crippen LogP contribution < -0.4 is 30.3 Å². The number of nitrogens with one attached hydrogen (secondary N) is 1. The fraction of sp³-hybridized carbons (Fsp3) is 0.388. The van der Waals surface area contributed by atoms with E-state index in [2.05, 4.69) is 50.0 Å². The zero-order valence-electron chi connectivity index (χ0n) is 65.2. The smallest absolute Gasteiger partial charge is 0.347 e. The maximum atomic E-state index is 12.1. The Morgan fingerprint density at radius 2 is 1.15 bits per heavy atom. The van der Waals surface area contributed by atoms with Crippen molar-refractivity contribution in [3.05, 3.63) is 183 Å². The molecule has 6 heterocycles. The summed E-state index contributed by atoms with van der Waals surface area (Å²) in [5.74, 6) is 5.48. The number of aromatic nitrogens is 7. The van der Waals surface area contributed by atoms with Gasteiger partial charge in [-0.2, -0.15) is 0 Å². The van der Waals surface area contributed by atoms with E-state index in [1.165, 1.54) is 27.4 Å². The highest BCUT2D eigenvalue weighted by Crippen LogP contribution is 2.32. The molecule has 12 rings (SSSR count). The van der Waals surface area contributed by atoms with Gasteiger partial charge < -0.3 is 28.5 Å². The number of halogens is 1. The Balaban J connectivity index is 0.000000184. The minimum absolute atomic E-state index is 0.0253. The Morgan fingerprint density at radius 3 is 1.77 bits per heavy atom. The third-order valence-corrected chi connectivity index (χ3v) is 19.9. The second kappa shape index (κ2) is 43.0. The van der Waals surface area contributed by atoms with E-state index >= 15 is 0 Å². The summed E-state index contributed by atoms with van der Waals surface area (Å²) in [7, 11) is 4.72. The van der Waals surface area contributed by atoms with Gasteiger partial charge in [0.1, 0.15) is 51.3 Å². The molecule has 0 spiro atoms. The Morgan fingerprint density at radius 1 is 0.582 bits per heavy atom. The largest absolute Gasteiger partial charge is 0.497 e. The number of anilines is 1. The van der Waals surface area contributed by atoms with Crippen LogP contribution in [0.5, 0.6) is 17.2 Å². The molecule has 0 aliphatic carbocycles. The standard InChI is InChI=1S/C16H21NO3.C15H16N4OS.C15H16O4.C14H16N2O2.C13H15NOS2.C12H15ClO2/c1-11(2)8-15(18)12-9-16(19)17(10-12)13-4-6-14(20-3)7-5-13;1-9(2)7-10(20)8-21-15-17-14-13(18-19-15)11-5-3-4-6-12(11)16-14;1-9(2)6-13(16)12-8-10-7-11(18-3)4-5-14(10)19-15(12)17;1-10(2)7-11(17)8-16-9-15-13-6-4-3-5-12(13)14(16)18;1-9(2)7-10(15)8-16-13-14-11-5-3-4-6-12(11)17-13;1-8(2)6-11(14)10-7-9(13)4-5-12(10)15-3/h4-7,11-12H,8-10H2,1-3H3;3-6,9H,7-8H2,1-2H3,(H,16,17,19);4-5,7-9H,6H2,1-3H3;3-6,9-10H,7-8H2,1-2H3;3-6,9H,7-8H2,1-2H3;4-5,7-8H,6H2,1-3H3. The van der Waals surface area contributed by atoms with E-state index in [1.807, 2.05) is 142 Å². The molecular formula is C85H99ClN8O13S3. The van der Waals surface area contributed by atoms with Gasteiger partial charge in [0.05, 0.1) is 72.4 Å². The molecule has 25 heteroatoms. The van der Waals surface area contributed by atoms with E-state index < -0.39 is 5.63 Å². The predicted octanol–water partition coefficient (Wildman–Crippen LogP) is 18.5. The molecule has 0 bridgehead atoms. The number of benzene rings is 6. The van der Waals surface area contributed by atoms with E-state index in [-0.39, 0.29) is 64.3 Å². The van der Waals surface area contributed by atoms with Crippen LogP contribution in [0.2, 0.25) is 5.02 Å². The Labute approximate surface area is 659 Å². The number of hydrogen-bond donors (Lipinski definition) is 1. The van der Waals surface area contributed by atoms with Gasteiger partial charge >= 0.3 is 5.63 Å².